The first-order valence-electron chi connectivity index (χ1n) is 7.23. The van der Waals surface area contributed by atoms with Gasteiger partial charge in [-0.15, -0.1) is 0 Å². The lowest BCUT2D eigenvalue weighted by Gasteiger charge is -2.09. The highest BCUT2D eigenvalue weighted by atomic mass is 16.1. The largest absolute Gasteiger partial charge is 0.298 e. The maximum absolute atomic E-state index is 12.2. The smallest absolute Gasteiger partial charge is 0.154 e. The number of carbonyl (C=O) groups is 1. The molecule has 1 unspecified atom stereocenters. The maximum Gasteiger partial charge on any atom is 0.154 e. The molecule has 0 spiro atoms. The number of hydrogen-bond donors (Lipinski definition) is 0. The molecule has 0 amide bonds. The monoisotopic (exact) mass is 277 g/mol. The van der Waals surface area contributed by atoms with Crippen LogP contribution in [0.3, 0.4) is 0 Å². The summed E-state index contributed by atoms with van der Waals surface area (Å²) in [5.74, 6) is -0.626. The molecule has 2 rings (SSSR count). The number of Topliss-reactive ketones (excluding diaryl/α,β-unsaturated/α-hetero) is 1. The molecule has 21 heavy (non-hydrogen) atoms. The minimum atomic E-state index is -0.638. The third-order valence-electron chi connectivity index (χ3n) is 3.59. The fourth-order valence-corrected chi connectivity index (χ4v) is 2.35. The van der Waals surface area contributed by atoms with Crippen molar-refractivity contribution in [2.75, 3.05) is 0 Å². The van der Waals surface area contributed by atoms with E-state index in [0.717, 1.165) is 24.0 Å². The van der Waals surface area contributed by atoms with Gasteiger partial charge in [0.05, 0.1) is 6.07 Å². The van der Waals surface area contributed by atoms with E-state index in [0.29, 0.717) is 6.42 Å². The molecule has 0 aliphatic carbocycles. The zero-order chi connectivity index (χ0) is 15.1. The van der Waals surface area contributed by atoms with Crippen molar-refractivity contribution in [2.45, 2.75) is 32.1 Å². The molecule has 0 N–H and O–H groups in total. The van der Waals surface area contributed by atoms with Gasteiger partial charge in [-0.05, 0) is 30.9 Å². The first-order valence-corrected chi connectivity index (χ1v) is 7.23. The van der Waals surface area contributed by atoms with Gasteiger partial charge in [-0.1, -0.05) is 60.2 Å². The molecule has 0 bridgehead atoms. The zero-order valence-corrected chi connectivity index (χ0v) is 12.3. The van der Waals surface area contributed by atoms with Crippen LogP contribution in [0.5, 0.6) is 0 Å². The van der Waals surface area contributed by atoms with Crippen LogP contribution < -0.4 is 0 Å². The molecule has 0 saturated heterocycles. The van der Waals surface area contributed by atoms with Crippen molar-refractivity contribution in [2.24, 2.45) is 0 Å². The Kier molecular flexibility index (Phi) is 5.29. The Morgan fingerprint density at radius 2 is 1.76 bits per heavy atom. The number of hydrogen-bond acceptors (Lipinski definition) is 2. The molecular formula is C19H19NO. The molecule has 0 heterocycles. The molecule has 2 nitrogen and oxygen atoms in total. The van der Waals surface area contributed by atoms with E-state index in [1.54, 1.807) is 0 Å². The average Bonchev–Trinajstić information content (AvgIpc) is 2.51. The average molecular weight is 277 g/mol. The van der Waals surface area contributed by atoms with Gasteiger partial charge < -0.3 is 0 Å². The van der Waals surface area contributed by atoms with Crippen molar-refractivity contribution in [1.29, 1.82) is 5.26 Å². The minimum Gasteiger partial charge on any atom is -0.298 e. The summed E-state index contributed by atoms with van der Waals surface area (Å²) in [5, 5.41) is 9.26. The van der Waals surface area contributed by atoms with E-state index in [1.165, 1.54) is 5.56 Å². The summed E-state index contributed by atoms with van der Waals surface area (Å²) in [6, 6.07) is 19.9. The van der Waals surface area contributed by atoms with Gasteiger partial charge in [-0.3, -0.25) is 4.79 Å². The van der Waals surface area contributed by atoms with Crippen LogP contribution >= 0.6 is 0 Å². The summed E-state index contributed by atoms with van der Waals surface area (Å²) >= 11 is 0. The summed E-state index contributed by atoms with van der Waals surface area (Å²) in [5.41, 5.74) is 3.16. The highest BCUT2D eigenvalue weighted by Gasteiger charge is 2.19. The third-order valence-corrected chi connectivity index (χ3v) is 3.59. The first-order chi connectivity index (χ1) is 10.2. The lowest BCUT2D eigenvalue weighted by Crippen LogP contribution is -2.11. The van der Waals surface area contributed by atoms with Gasteiger partial charge in [0.1, 0.15) is 5.92 Å². The summed E-state index contributed by atoms with van der Waals surface area (Å²) in [6.07, 6.45) is 2.10. The van der Waals surface area contributed by atoms with Crippen LogP contribution in [-0.4, -0.2) is 5.78 Å². The molecule has 0 aromatic heterocycles. The predicted octanol–water partition coefficient (Wildman–Crippen LogP) is 4.19. The molecule has 0 saturated carbocycles. The van der Waals surface area contributed by atoms with Crippen molar-refractivity contribution in [1.82, 2.24) is 0 Å². The summed E-state index contributed by atoms with van der Waals surface area (Å²) in [6.45, 7) is 1.99. The lowest BCUT2D eigenvalue weighted by atomic mass is 9.92. The van der Waals surface area contributed by atoms with Crippen molar-refractivity contribution in [3.63, 3.8) is 0 Å². The van der Waals surface area contributed by atoms with Gasteiger partial charge in [0.25, 0.3) is 0 Å². The van der Waals surface area contributed by atoms with Gasteiger partial charge in [0, 0.05) is 6.42 Å². The van der Waals surface area contributed by atoms with Crippen molar-refractivity contribution in [3.05, 3.63) is 71.3 Å². The summed E-state index contributed by atoms with van der Waals surface area (Å²) in [4.78, 5) is 12.2. The maximum atomic E-state index is 12.2. The van der Waals surface area contributed by atoms with E-state index in [1.807, 2.05) is 49.4 Å². The highest BCUT2D eigenvalue weighted by molar-refractivity contribution is 5.88. The Morgan fingerprint density at radius 1 is 1.10 bits per heavy atom. The van der Waals surface area contributed by atoms with Crippen LogP contribution in [0.25, 0.3) is 0 Å². The Balaban J connectivity index is 1.92. The lowest BCUT2D eigenvalue weighted by molar-refractivity contribution is -0.119. The number of rotatable bonds is 6. The van der Waals surface area contributed by atoms with E-state index in [4.69, 9.17) is 0 Å². The van der Waals surface area contributed by atoms with E-state index in [-0.39, 0.29) is 5.78 Å². The molecule has 2 aromatic rings. The molecule has 2 aromatic carbocycles. The number of aryl methyl sites for hydroxylation is 2. The molecular weight excluding hydrogens is 258 g/mol. The SMILES string of the molecule is Cc1ccc(C(C#N)C(=O)CCCc2ccccc2)cc1. The van der Waals surface area contributed by atoms with Crippen molar-refractivity contribution in [3.8, 4) is 6.07 Å². The second-order valence-corrected chi connectivity index (χ2v) is 5.28. The quantitative estimate of drug-likeness (QED) is 0.794. The number of ketones is 1. The van der Waals surface area contributed by atoms with Gasteiger partial charge in [0.2, 0.25) is 0 Å². The standard InChI is InChI=1S/C19H19NO/c1-15-10-12-17(13-11-15)18(14-20)19(21)9-5-8-16-6-3-2-4-7-16/h2-4,6-7,10-13,18H,5,8-9H2,1H3. The van der Waals surface area contributed by atoms with E-state index in [9.17, 15) is 10.1 Å². The van der Waals surface area contributed by atoms with E-state index < -0.39 is 5.92 Å². The first kappa shape index (κ1) is 15.0. The molecule has 0 radical (unpaired) electrons. The van der Waals surface area contributed by atoms with Gasteiger partial charge >= 0.3 is 0 Å². The van der Waals surface area contributed by atoms with Crippen LogP contribution in [0, 0.1) is 18.3 Å². The predicted molar refractivity (Wildman–Crippen MR) is 83.9 cm³/mol. The van der Waals surface area contributed by atoms with Gasteiger partial charge in [0.15, 0.2) is 5.78 Å². The van der Waals surface area contributed by atoms with Crippen LogP contribution in [-0.2, 0) is 11.2 Å². The molecule has 0 aliphatic heterocycles. The van der Waals surface area contributed by atoms with Crippen LogP contribution in [0.4, 0.5) is 0 Å². The van der Waals surface area contributed by atoms with E-state index >= 15 is 0 Å². The number of nitrogens with zero attached hydrogens (tertiary/aromatic N) is 1. The van der Waals surface area contributed by atoms with E-state index in [2.05, 4.69) is 18.2 Å². The highest BCUT2D eigenvalue weighted by Crippen LogP contribution is 2.19. The Morgan fingerprint density at radius 3 is 2.38 bits per heavy atom. The molecule has 0 fully saturated rings. The fourth-order valence-electron chi connectivity index (χ4n) is 2.35. The number of benzene rings is 2. The third kappa shape index (κ3) is 4.29. The molecule has 0 aliphatic rings. The summed E-state index contributed by atoms with van der Waals surface area (Å²) in [7, 11) is 0. The normalized spacial score (nSPS) is 11.6. The number of nitriles is 1. The second-order valence-electron chi connectivity index (χ2n) is 5.28. The zero-order valence-electron chi connectivity index (χ0n) is 12.3. The van der Waals surface area contributed by atoms with Gasteiger partial charge in [-0.2, -0.15) is 5.26 Å². The molecule has 2 heteroatoms. The fraction of sp³-hybridized carbons (Fsp3) is 0.263. The Hall–Kier alpha value is -2.40. The topological polar surface area (TPSA) is 40.9 Å². The second kappa shape index (κ2) is 7.40. The van der Waals surface area contributed by atoms with Crippen LogP contribution in [0.1, 0.15) is 35.4 Å². The van der Waals surface area contributed by atoms with Crippen molar-refractivity contribution >= 4 is 5.78 Å². The Bertz CT molecular complexity index is 623. The van der Waals surface area contributed by atoms with Crippen LogP contribution in [0.15, 0.2) is 54.6 Å². The molecule has 106 valence electrons. The van der Waals surface area contributed by atoms with Gasteiger partial charge in [-0.25, -0.2) is 0 Å². The summed E-state index contributed by atoms with van der Waals surface area (Å²) < 4.78 is 0. The molecule has 1 atom stereocenters. The number of carbonyl (C=O) groups excluding carboxylic acids is 1. The minimum absolute atomic E-state index is 0.0114. The van der Waals surface area contributed by atoms with Crippen molar-refractivity contribution < 1.29 is 4.79 Å². The Labute approximate surface area is 126 Å². The van der Waals surface area contributed by atoms with Crippen LogP contribution in [0.2, 0.25) is 0 Å².